The Balaban J connectivity index is 1.97. The highest BCUT2D eigenvalue weighted by molar-refractivity contribution is 5.84. The van der Waals surface area contributed by atoms with E-state index in [0.29, 0.717) is 36.2 Å². The van der Waals surface area contributed by atoms with Crippen molar-refractivity contribution in [3.63, 3.8) is 0 Å². The first-order chi connectivity index (χ1) is 11.3. The Kier molecular flexibility index (Phi) is 3.05. The molecule has 2 N–H and O–H groups in total. The monoisotopic (exact) mass is 306 g/mol. The molecule has 0 saturated carbocycles. The van der Waals surface area contributed by atoms with E-state index in [1.54, 1.807) is 0 Å². The first-order valence-corrected chi connectivity index (χ1v) is 7.29. The lowest BCUT2D eigenvalue weighted by Gasteiger charge is -2.18. The zero-order chi connectivity index (χ0) is 15.8. The molecule has 0 atom stereocenters. The number of nitrogens with zero attached hydrogens (tertiary/aromatic N) is 3. The molecule has 6 heteroatoms. The third kappa shape index (κ3) is 2.23. The minimum Gasteiger partial charge on any atom is -0.486 e. The summed E-state index contributed by atoms with van der Waals surface area (Å²) in [6.07, 6.45) is 0. The summed E-state index contributed by atoms with van der Waals surface area (Å²) in [6, 6.07) is 13.4. The Bertz CT molecular complexity index is 940. The van der Waals surface area contributed by atoms with Crippen molar-refractivity contribution in [1.82, 2.24) is 9.55 Å². The van der Waals surface area contributed by atoms with Gasteiger partial charge >= 0.3 is 0 Å². The molecule has 0 aliphatic carbocycles. The highest BCUT2D eigenvalue weighted by atomic mass is 16.6. The maximum atomic E-state index is 9.18. The number of benzene rings is 2. The fraction of sp³-hybridized carbons (Fsp3) is 0.176. The highest BCUT2D eigenvalue weighted by Gasteiger charge is 2.18. The van der Waals surface area contributed by atoms with Crippen LogP contribution in [0.3, 0.4) is 0 Å². The van der Waals surface area contributed by atoms with Crippen LogP contribution < -0.4 is 15.2 Å². The van der Waals surface area contributed by atoms with Crippen molar-refractivity contribution in [1.29, 1.82) is 5.26 Å². The number of rotatable bonds is 2. The minimum absolute atomic E-state index is 0.195. The maximum Gasteiger partial charge on any atom is 0.163 e. The Morgan fingerprint density at radius 1 is 1.17 bits per heavy atom. The summed E-state index contributed by atoms with van der Waals surface area (Å²) in [6.45, 7) is 1.24. The summed E-state index contributed by atoms with van der Waals surface area (Å²) in [5.74, 6) is 2.07. The molecule has 23 heavy (non-hydrogen) atoms. The summed E-state index contributed by atoms with van der Waals surface area (Å²) in [5, 5.41) is 9.18. The van der Waals surface area contributed by atoms with Crippen molar-refractivity contribution in [3.05, 3.63) is 36.4 Å². The van der Waals surface area contributed by atoms with Gasteiger partial charge in [0.1, 0.15) is 25.6 Å². The number of nitrogen functional groups attached to an aromatic ring is 1. The lowest BCUT2D eigenvalue weighted by atomic mass is 10.2. The molecule has 1 aromatic heterocycles. The number of anilines is 1. The van der Waals surface area contributed by atoms with Crippen LogP contribution in [-0.4, -0.2) is 22.8 Å². The lowest BCUT2D eigenvalue weighted by Crippen LogP contribution is -2.15. The first kappa shape index (κ1) is 13.5. The van der Waals surface area contributed by atoms with E-state index in [0.717, 1.165) is 16.6 Å². The largest absolute Gasteiger partial charge is 0.486 e. The second-order valence-electron chi connectivity index (χ2n) is 5.29. The van der Waals surface area contributed by atoms with Gasteiger partial charge in [-0.05, 0) is 12.1 Å². The predicted molar refractivity (Wildman–Crippen MR) is 86.2 cm³/mol. The molecule has 1 aliphatic rings. The van der Waals surface area contributed by atoms with Gasteiger partial charge in [0.2, 0.25) is 0 Å². The van der Waals surface area contributed by atoms with Crippen molar-refractivity contribution in [2.24, 2.45) is 0 Å². The second-order valence-corrected chi connectivity index (χ2v) is 5.29. The van der Waals surface area contributed by atoms with E-state index in [1.807, 2.05) is 41.0 Å². The summed E-state index contributed by atoms with van der Waals surface area (Å²) in [5.41, 5.74) is 9.01. The Labute approximate surface area is 132 Å². The topological polar surface area (TPSA) is 86.1 Å². The zero-order valence-electron chi connectivity index (χ0n) is 12.3. The molecule has 6 nitrogen and oxygen atoms in total. The Hall–Kier alpha value is -3.20. The van der Waals surface area contributed by atoms with Gasteiger partial charge in [-0.3, -0.25) is 0 Å². The number of hydrogen-bond donors (Lipinski definition) is 1. The zero-order valence-corrected chi connectivity index (χ0v) is 12.3. The van der Waals surface area contributed by atoms with E-state index in [4.69, 9.17) is 15.2 Å². The van der Waals surface area contributed by atoms with Crippen LogP contribution in [0.25, 0.3) is 22.4 Å². The average Bonchev–Trinajstić information content (AvgIpc) is 2.91. The molecule has 114 valence electrons. The van der Waals surface area contributed by atoms with Crippen LogP contribution >= 0.6 is 0 Å². The van der Waals surface area contributed by atoms with Gasteiger partial charge < -0.3 is 19.8 Å². The molecule has 0 bridgehead atoms. The van der Waals surface area contributed by atoms with Crippen LogP contribution in [0.5, 0.6) is 11.5 Å². The molecule has 4 rings (SSSR count). The van der Waals surface area contributed by atoms with Gasteiger partial charge in [0.25, 0.3) is 0 Å². The minimum atomic E-state index is 0.195. The van der Waals surface area contributed by atoms with Gasteiger partial charge in [0.05, 0.1) is 17.1 Å². The van der Waals surface area contributed by atoms with Crippen LogP contribution in [0.4, 0.5) is 5.69 Å². The standard InChI is InChI=1S/C17H14N4O2/c18-4-5-21-14-10-16-15(22-6-7-23-16)9-13(14)20-17(21)11-2-1-3-12(19)8-11/h1-3,8-10H,5-7,19H2. The molecule has 0 amide bonds. The SMILES string of the molecule is N#CCn1c(-c2cccc(N)c2)nc2cc3c(cc21)OCCO3. The molecule has 0 fully saturated rings. The van der Waals surface area contributed by atoms with E-state index in [-0.39, 0.29) is 6.54 Å². The molecule has 2 aromatic carbocycles. The van der Waals surface area contributed by atoms with Crippen molar-refractivity contribution in [2.75, 3.05) is 18.9 Å². The lowest BCUT2D eigenvalue weighted by molar-refractivity contribution is 0.172. The second kappa shape index (κ2) is 5.21. The molecule has 0 spiro atoms. The van der Waals surface area contributed by atoms with E-state index in [2.05, 4.69) is 11.1 Å². The summed E-state index contributed by atoms with van der Waals surface area (Å²) >= 11 is 0. The van der Waals surface area contributed by atoms with Crippen molar-refractivity contribution >= 4 is 16.7 Å². The Morgan fingerprint density at radius 2 is 1.96 bits per heavy atom. The third-order valence-electron chi connectivity index (χ3n) is 3.79. The van der Waals surface area contributed by atoms with Crippen LogP contribution in [0.15, 0.2) is 36.4 Å². The molecule has 3 aromatic rings. The van der Waals surface area contributed by atoms with Gasteiger partial charge in [-0.15, -0.1) is 0 Å². The predicted octanol–water partition coefficient (Wildman–Crippen LogP) is 2.58. The van der Waals surface area contributed by atoms with E-state index < -0.39 is 0 Å². The number of nitriles is 1. The molecule has 0 unspecified atom stereocenters. The van der Waals surface area contributed by atoms with Crippen molar-refractivity contribution in [2.45, 2.75) is 6.54 Å². The van der Waals surface area contributed by atoms with E-state index >= 15 is 0 Å². The average molecular weight is 306 g/mol. The normalized spacial score (nSPS) is 13.0. The van der Waals surface area contributed by atoms with Crippen molar-refractivity contribution in [3.8, 4) is 29.0 Å². The number of ether oxygens (including phenoxy) is 2. The molecule has 1 aliphatic heterocycles. The molecular formula is C17H14N4O2. The van der Waals surface area contributed by atoms with E-state index in [1.165, 1.54) is 0 Å². The van der Waals surface area contributed by atoms with Gasteiger partial charge in [0, 0.05) is 23.4 Å². The first-order valence-electron chi connectivity index (χ1n) is 7.29. The summed E-state index contributed by atoms with van der Waals surface area (Å²) in [7, 11) is 0. The van der Waals surface area contributed by atoms with Crippen LogP contribution in [0.1, 0.15) is 0 Å². The molecule has 0 radical (unpaired) electrons. The number of nitrogens with two attached hydrogens (primary N) is 1. The number of fused-ring (bicyclic) bond motifs is 2. The quantitative estimate of drug-likeness (QED) is 0.735. The number of aromatic nitrogens is 2. The van der Waals surface area contributed by atoms with Gasteiger partial charge in [-0.1, -0.05) is 12.1 Å². The smallest absolute Gasteiger partial charge is 0.163 e. The van der Waals surface area contributed by atoms with Gasteiger partial charge in [0.15, 0.2) is 11.5 Å². The summed E-state index contributed by atoms with van der Waals surface area (Å²) < 4.78 is 13.1. The van der Waals surface area contributed by atoms with E-state index in [9.17, 15) is 5.26 Å². The highest BCUT2D eigenvalue weighted by Crippen LogP contribution is 2.36. The molecule has 0 saturated heterocycles. The number of hydrogen-bond acceptors (Lipinski definition) is 5. The molecular weight excluding hydrogens is 292 g/mol. The number of imidazole rings is 1. The maximum absolute atomic E-state index is 9.18. The fourth-order valence-electron chi connectivity index (χ4n) is 2.79. The van der Waals surface area contributed by atoms with Gasteiger partial charge in [-0.25, -0.2) is 4.98 Å². The van der Waals surface area contributed by atoms with Gasteiger partial charge in [-0.2, -0.15) is 5.26 Å². The fourth-order valence-corrected chi connectivity index (χ4v) is 2.79. The summed E-state index contributed by atoms with van der Waals surface area (Å²) in [4.78, 5) is 4.67. The van der Waals surface area contributed by atoms with Crippen LogP contribution in [0, 0.1) is 11.3 Å². The van der Waals surface area contributed by atoms with Crippen LogP contribution in [-0.2, 0) is 6.54 Å². The van der Waals surface area contributed by atoms with Crippen LogP contribution in [0.2, 0.25) is 0 Å². The Morgan fingerprint density at radius 3 is 2.70 bits per heavy atom. The molecule has 2 heterocycles. The van der Waals surface area contributed by atoms with Crippen molar-refractivity contribution < 1.29 is 9.47 Å². The third-order valence-corrected chi connectivity index (χ3v) is 3.79.